The van der Waals surface area contributed by atoms with E-state index in [4.69, 9.17) is 23.4 Å². The molecule has 5 atom stereocenters. The minimum Gasteiger partial charge on any atom is -0.463 e. The van der Waals surface area contributed by atoms with Gasteiger partial charge in [0.05, 0.1) is 0 Å². The molecule has 0 saturated carbocycles. The van der Waals surface area contributed by atoms with Crippen molar-refractivity contribution < 1.29 is 37.8 Å². The molecule has 8 nitrogen and oxygen atoms in total. The van der Waals surface area contributed by atoms with Crippen LogP contribution in [0, 0.1) is 0 Å². The summed E-state index contributed by atoms with van der Waals surface area (Å²) in [5.41, 5.74) is 0. The second-order valence-electron chi connectivity index (χ2n) is 6.80. The predicted molar refractivity (Wildman–Crippen MR) is 112 cm³/mol. The normalized spacial score (nSPS) is 27.8. The summed E-state index contributed by atoms with van der Waals surface area (Å²) in [5.74, 6) is -1.52. The molecule has 0 aliphatic carbocycles. The van der Waals surface area contributed by atoms with Gasteiger partial charge in [0.25, 0.3) is 0 Å². The van der Waals surface area contributed by atoms with Crippen molar-refractivity contribution in [2.45, 2.75) is 88.2 Å². The molecule has 10 heteroatoms. The van der Waals surface area contributed by atoms with Crippen LogP contribution >= 0.6 is 22.6 Å². The zero-order valence-electron chi connectivity index (χ0n) is 17.4. The van der Waals surface area contributed by atoms with Gasteiger partial charge in [0.1, 0.15) is 16.6 Å². The number of hydrogen-bond acceptors (Lipinski definition) is 8. The van der Waals surface area contributed by atoms with Crippen LogP contribution in [0.2, 0.25) is 18.1 Å². The molecule has 0 N–H and O–H groups in total. The quantitative estimate of drug-likeness (QED) is 0.148. The lowest BCUT2D eigenvalue weighted by atomic mass is 10.0. The summed E-state index contributed by atoms with van der Waals surface area (Å²) in [6, 6.07) is 2.76. The smallest absolute Gasteiger partial charge is 0.303 e. The Bertz CT molecular complexity index is 545. The van der Waals surface area contributed by atoms with Crippen molar-refractivity contribution in [2.24, 2.45) is 0 Å². The number of alkyl halides is 1. The van der Waals surface area contributed by atoms with Crippen LogP contribution in [-0.4, -0.2) is 61.4 Å². The first-order valence-electron chi connectivity index (χ1n) is 9.54. The van der Waals surface area contributed by atoms with E-state index < -0.39 is 54.8 Å². The third kappa shape index (κ3) is 6.96. The number of esters is 3. The molecule has 0 amide bonds. The van der Waals surface area contributed by atoms with Crippen LogP contribution < -0.4 is 0 Å². The van der Waals surface area contributed by atoms with Gasteiger partial charge in [-0.15, -0.1) is 0 Å². The standard InChI is InChI=1S/C18H31IO8Si/c1-7-28(8-2,9-3)27-18-15(19)17(25-13(6)22)16(24-12(5)21)14(26-18)10-23-11(4)20/h14-18H,7-10H2,1-6H3/t14-,15+,16-,17-,18-/m1/s1. The first-order valence-corrected chi connectivity index (χ1v) is 13.3. The summed E-state index contributed by atoms with van der Waals surface area (Å²) in [4.78, 5) is 34.6. The molecule has 1 aliphatic rings. The number of carbonyl (C=O) groups excluding carboxylic acids is 3. The summed E-state index contributed by atoms with van der Waals surface area (Å²) < 4.78 is 28.2. The molecular weight excluding hydrogens is 499 g/mol. The summed E-state index contributed by atoms with van der Waals surface area (Å²) in [7, 11) is -2.03. The van der Waals surface area contributed by atoms with Gasteiger partial charge in [-0.3, -0.25) is 14.4 Å². The van der Waals surface area contributed by atoms with E-state index in [0.29, 0.717) is 0 Å². The Morgan fingerprint density at radius 2 is 1.39 bits per heavy atom. The van der Waals surface area contributed by atoms with Crippen LogP contribution in [0.5, 0.6) is 0 Å². The average molecular weight is 530 g/mol. The van der Waals surface area contributed by atoms with Gasteiger partial charge in [-0.05, 0) is 18.1 Å². The highest BCUT2D eigenvalue weighted by Crippen LogP contribution is 2.35. The minimum atomic E-state index is -2.03. The number of ether oxygens (including phenoxy) is 4. The van der Waals surface area contributed by atoms with E-state index in [1.807, 2.05) is 0 Å². The highest BCUT2D eigenvalue weighted by Gasteiger charge is 2.51. The summed E-state index contributed by atoms with van der Waals surface area (Å²) in [5, 5.41) is 0. The summed E-state index contributed by atoms with van der Waals surface area (Å²) in [6.07, 6.45) is -3.14. The van der Waals surface area contributed by atoms with Gasteiger partial charge in [0, 0.05) is 20.8 Å². The second-order valence-corrected chi connectivity index (χ2v) is 13.0. The molecule has 0 aromatic rings. The summed E-state index contributed by atoms with van der Waals surface area (Å²) in [6.45, 7) is 10.0. The molecule has 1 heterocycles. The van der Waals surface area contributed by atoms with Gasteiger partial charge in [0.2, 0.25) is 0 Å². The van der Waals surface area contributed by atoms with Gasteiger partial charge >= 0.3 is 17.9 Å². The molecule has 1 fully saturated rings. The topological polar surface area (TPSA) is 97.4 Å². The molecule has 28 heavy (non-hydrogen) atoms. The van der Waals surface area contributed by atoms with Crippen LogP contribution in [-0.2, 0) is 37.8 Å². The van der Waals surface area contributed by atoms with Gasteiger partial charge in [-0.25, -0.2) is 0 Å². The van der Waals surface area contributed by atoms with Crippen LogP contribution in [0.4, 0.5) is 0 Å². The van der Waals surface area contributed by atoms with Crippen LogP contribution in [0.3, 0.4) is 0 Å². The Kier molecular flexibility index (Phi) is 10.4. The highest BCUT2D eigenvalue weighted by molar-refractivity contribution is 14.1. The maximum Gasteiger partial charge on any atom is 0.303 e. The largest absolute Gasteiger partial charge is 0.463 e. The number of carbonyl (C=O) groups is 3. The Morgan fingerprint density at radius 1 is 0.893 bits per heavy atom. The van der Waals surface area contributed by atoms with Gasteiger partial charge in [-0.2, -0.15) is 0 Å². The number of halogens is 1. The maximum atomic E-state index is 11.7. The Hall–Kier alpha value is -0.723. The third-order valence-electron chi connectivity index (χ3n) is 4.93. The minimum absolute atomic E-state index is 0.132. The van der Waals surface area contributed by atoms with Gasteiger partial charge in [0.15, 0.2) is 26.8 Å². The van der Waals surface area contributed by atoms with Crippen molar-refractivity contribution in [3.05, 3.63) is 0 Å². The molecular formula is C18H31IO8Si. The SMILES string of the molecule is CC[Si](CC)(CC)O[C@H]1O[C@H](COC(C)=O)[C@@H](OC(C)=O)[C@H](OC(C)=O)[C@@H]1I. The van der Waals surface area contributed by atoms with E-state index in [0.717, 1.165) is 18.1 Å². The van der Waals surface area contributed by atoms with E-state index in [2.05, 4.69) is 43.4 Å². The van der Waals surface area contributed by atoms with Crippen LogP contribution in [0.25, 0.3) is 0 Å². The number of rotatable bonds is 9. The molecule has 0 aromatic heterocycles. The lowest BCUT2D eigenvalue weighted by molar-refractivity contribution is -0.242. The molecule has 0 bridgehead atoms. The maximum absolute atomic E-state index is 11.7. The van der Waals surface area contributed by atoms with E-state index >= 15 is 0 Å². The van der Waals surface area contributed by atoms with Crippen LogP contribution in [0.15, 0.2) is 0 Å². The van der Waals surface area contributed by atoms with Gasteiger partial charge < -0.3 is 23.4 Å². The lowest BCUT2D eigenvalue weighted by Crippen LogP contribution is -2.61. The number of hydrogen-bond donors (Lipinski definition) is 0. The van der Waals surface area contributed by atoms with Crippen LogP contribution in [0.1, 0.15) is 41.5 Å². The van der Waals surface area contributed by atoms with Crippen molar-refractivity contribution in [2.75, 3.05) is 6.61 Å². The molecule has 1 rings (SSSR count). The van der Waals surface area contributed by atoms with Crippen molar-refractivity contribution in [1.82, 2.24) is 0 Å². The van der Waals surface area contributed by atoms with E-state index in [1.165, 1.54) is 20.8 Å². The second kappa shape index (κ2) is 11.5. The van der Waals surface area contributed by atoms with Crippen molar-refractivity contribution >= 4 is 48.8 Å². The predicted octanol–water partition coefficient (Wildman–Crippen LogP) is 2.96. The molecule has 0 unspecified atom stereocenters. The fraction of sp³-hybridized carbons (Fsp3) is 0.833. The van der Waals surface area contributed by atoms with E-state index in [9.17, 15) is 14.4 Å². The highest BCUT2D eigenvalue weighted by atomic mass is 127. The van der Waals surface area contributed by atoms with E-state index in [-0.39, 0.29) is 6.61 Å². The lowest BCUT2D eigenvalue weighted by Gasteiger charge is -2.45. The van der Waals surface area contributed by atoms with Crippen molar-refractivity contribution in [1.29, 1.82) is 0 Å². The third-order valence-corrected chi connectivity index (χ3v) is 10.8. The monoisotopic (exact) mass is 530 g/mol. The Labute approximate surface area is 181 Å². The Morgan fingerprint density at radius 3 is 1.82 bits per heavy atom. The molecule has 0 aromatic carbocycles. The molecule has 0 radical (unpaired) electrons. The van der Waals surface area contributed by atoms with Crippen molar-refractivity contribution in [3.8, 4) is 0 Å². The molecule has 162 valence electrons. The fourth-order valence-electron chi connectivity index (χ4n) is 3.20. The average Bonchev–Trinajstić information content (AvgIpc) is 2.62. The zero-order chi connectivity index (χ0) is 21.5. The first kappa shape index (κ1) is 25.3. The van der Waals surface area contributed by atoms with Crippen molar-refractivity contribution in [3.63, 3.8) is 0 Å². The molecule has 0 spiro atoms. The Balaban J connectivity index is 3.20. The molecule has 1 aliphatic heterocycles. The van der Waals surface area contributed by atoms with E-state index in [1.54, 1.807) is 0 Å². The fourth-order valence-corrected chi connectivity index (χ4v) is 7.05. The summed E-state index contributed by atoms with van der Waals surface area (Å²) >= 11 is 2.11. The zero-order valence-corrected chi connectivity index (χ0v) is 20.5. The first-order chi connectivity index (χ1) is 13.1. The molecule has 1 saturated heterocycles. The van der Waals surface area contributed by atoms with Gasteiger partial charge in [-0.1, -0.05) is 43.4 Å².